The van der Waals surface area contributed by atoms with Crippen molar-refractivity contribution in [2.24, 2.45) is 0 Å². The minimum Gasteiger partial charge on any atom is -0.496 e. The number of hydrogen-bond acceptors (Lipinski definition) is 6. The van der Waals surface area contributed by atoms with Crippen molar-refractivity contribution in [3.63, 3.8) is 0 Å². The SMILES string of the molecule is CCOc1ccc(-c2ccc(=O)n(CCNC(=O)c3cc(-c4ccccc4OC)n[nH]3)n2)cc1. The molecule has 2 N–H and O–H groups in total. The Hall–Kier alpha value is -4.40. The topological polar surface area (TPSA) is 111 Å². The van der Waals surface area contributed by atoms with Crippen LogP contribution < -0.4 is 20.3 Å². The summed E-state index contributed by atoms with van der Waals surface area (Å²) in [5, 5.41) is 14.2. The molecule has 9 heteroatoms. The lowest BCUT2D eigenvalue weighted by atomic mass is 10.1. The molecule has 2 aromatic heterocycles. The number of rotatable bonds is 9. The van der Waals surface area contributed by atoms with E-state index in [2.05, 4.69) is 20.6 Å². The smallest absolute Gasteiger partial charge is 0.269 e. The second-order valence-corrected chi connectivity index (χ2v) is 7.36. The standard InChI is InChI=1S/C25H25N5O4/c1-3-34-18-10-8-17(9-11-18)20-12-13-24(31)30(29-20)15-14-26-25(32)22-16-21(27-28-22)19-6-4-5-7-23(19)33-2/h4-13,16H,3,14-15H2,1-2H3,(H,26,32)(H,27,28). The lowest BCUT2D eigenvalue weighted by Crippen LogP contribution is -2.32. The Bertz CT molecular complexity index is 1330. The maximum Gasteiger partial charge on any atom is 0.269 e. The summed E-state index contributed by atoms with van der Waals surface area (Å²) in [5.41, 5.74) is 2.96. The van der Waals surface area contributed by atoms with Gasteiger partial charge in [0.05, 0.1) is 31.6 Å². The van der Waals surface area contributed by atoms with E-state index in [-0.39, 0.29) is 24.6 Å². The highest BCUT2D eigenvalue weighted by molar-refractivity contribution is 5.93. The van der Waals surface area contributed by atoms with Crippen molar-refractivity contribution >= 4 is 5.91 Å². The Morgan fingerprint density at radius 3 is 2.62 bits per heavy atom. The molecule has 4 rings (SSSR count). The number of aromatic nitrogens is 4. The maximum absolute atomic E-state index is 12.6. The third-order valence-electron chi connectivity index (χ3n) is 5.14. The fraction of sp³-hybridized carbons (Fsp3) is 0.200. The zero-order valence-electron chi connectivity index (χ0n) is 18.9. The molecule has 2 aromatic carbocycles. The van der Waals surface area contributed by atoms with Crippen LogP contribution in [0.4, 0.5) is 0 Å². The van der Waals surface area contributed by atoms with Crippen LogP contribution in [0.1, 0.15) is 17.4 Å². The quantitative estimate of drug-likeness (QED) is 0.398. The van der Waals surface area contributed by atoms with Crippen molar-refractivity contribution in [2.75, 3.05) is 20.3 Å². The molecular formula is C25H25N5O4. The molecule has 2 heterocycles. The molecule has 34 heavy (non-hydrogen) atoms. The summed E-state index contributed by atoms with van der Waals surface area (Å²) in [5.74, 6) is 1.11. The first kappa shape index (κ1) is 22.8. The molecule has 0 aliphatic rings. The molecule has 0 unspecified atom stereocenters. The van der Waals surface area contributed by atoms with Gasteiger partial charge in [-0.05, 0) is 55.5 Å². The number of aromatic amines is 1. The van der Waals surface area contributed by atoms with Gasteiger partial charge in [0.2, 0.25) is 0 Å². The minimum atomic E-state index is -0.329. The van der Waals surface area contributed by atoms with Crippen molar-refractivity contribution in [1.29, 1.82) is 0 Å². The Kier molecular flexibility index (Phi) is 7.02. The van der Waals surface area contributed by atoms with Crippen molar-refractivity contribution in [2.45, 2.75) is 13.5 Å². The van der Waals surface area contributed by atoms with E-state index < -0.39 is 0 Å². The van der Waals surface area contributed by atoms with Crippen LogP contribution in [0.25, 0.3) is 22.5 Å². The van der Waals surface area contributed by atoms with Gasteiger partial charge in [-0.3, -0.25) is 14.7 Å². The fourth-order valence-electron chi connectivity index (χ4n) is 3.45. The first-order valence-electron chi connectivity index (χ1n) is 10.9. The number of carbonyl (C=O) groups excluding carboxylic acids is 1. The molecular weight excluding hydrogens is 434 g/mol. The van der Waals surface area contributed by atoms with Gasteiger partial charge in [0.1, 0.15) is 17.2 Å². The monoisotopic (exact) mass is 459 g/mol. The Morgan fingerprint density at radius 1 is 1.06 bits per heavy atom. The second-order valence-electron chi connectivity index (χ2n) is 7.36. The molecule has 0 aliphatic carbocycles. The van der Waals surface area contributed by atoms with Gasteiger partial charge in [-0.2, -0.15) is 10.2 Å². The minimum absolute atomic E-state index is 0.224. The molecule has 0 atom stereocenters. The van der Waals surface area contributed by atoms with Crippen LogP contribution in [0.5, 0.6) is 11.5 Å². The molecule has 0 aliphatic heterocycles. The van der Waals surface area contributed by atoms with E-state index in [1.54, 1.807) is 19.2 Å². The van der Waals surface area contributed by atoms with Gasteiger partial charge in [-0.25, -0.2) is 4.68 Å². The van der Waals surface area contributed by atoms with Gasteiger partial charge < -0.3 is 14.8 Å². The predicted octanol–water partition coefficient (Wildman–Crippen LogP) is 3.14. The zero-order chi connectivity index (χ0) is 23.9. The molecule has 174 valence electrons. The van der Waals surface area contributed by atoms with Crippen LogP contribution >= 0.6 is 0 Å². The van der Waals surface area contributed by atoms with Crippen molar-refractivity contribution in [1.82, 2.24) is 25.3 Å². The summed E-state index contributed by atoms with van der Waals surface area (Å²) in [6.07, 6.45) is 0. The number of hydrogen-bond donors (Lipinski definition) is 2. The highest BCUT2D eigenvalue weighted by Crippen LogP contribution is 2.28. The summed E-state index contributed by atoms with van der Waals surface area (Å²) in [6.45, 7) is 2.97. The molecule has 4 aromatic rings. The average Bonchev–Trinajstić information content (AvgIpc) is 3.36. The van der Waals surface area contributed by atoms with Crippen LogP contribution in [0.2, 0.25) is 0 Å². The van der Waals surface area contributed by atoms with Gasteiger partial charge in [-0.15, -0.1) is 0 Å². The van der Waals surface area contributed by atoms with Crippen LogP contribution in [-0.2, 0) is 6.54 Å². The summed E-state index contributed by atoms with van der Waals surface area (Å²) in [7, 11) is 1.58. The number of nitrogens with zero attached hydrogens (tertiary/aromatic N) is 3. The van der Waals surface area contributed by atoms with E-state index in [1.165, 1.54) is 10.7 Å². The highest BCUT2D eigenvalue weighted by Gasteiger charge is 2.13. The van der Waals surface area contributed by atoms with E-state index in [4.69, 9.17) is 9.47 Å². The van der Waals surface area contributed by atoms with E-state index in [0.717, 1.165) is 16.9 Å². The first-order valence-corrected chi connectivity index (χ1v) is 10.9. The molecule has 9 nitrogen and oxygen atoms in total. The van der Waals surface area contributed by atoms with Crippen LogP contribution in [0.15, 0.2) is 71.5 Å². The number of nitrogens with one attached hydrogen (secondary N) is 2. The third kappa shape index (κ3) is 5.15. The number of carbonyl (C=O) groups is 1. The molecule has 1 amide bonds. The molecule has 0 fully saturated rings. The molecule has 0 spiro atoms. The number of ether oxygens (including phenoxy) is 2. The van der Waals surface area contributed by atoms with Gasteiger partial charge in [0.15, 0.2) is 0 Å². The average molecular weight is 460 g/mol. The molecule has 0 radical (unpaired) electrons. The number of amides is 1. The normalized spacial score (nSPS) is 10.6. The molecule has 0 saturated carbocycles. The third-order valence-corrected chi connectivity index (χ3v) is 5.14. The largest absolute Gasteiger partial charge is 0.496 e. The Morgan fingerprint density at radius 2 is 1.85 bits per heavy atom. The van der Waals surface area contributed by atoms with Crippen LogP contribution in [0, 0.1) is 0 Å². The molecule has 0 bridgehead atoms. The van der Waals surface area contributed by atoms with Crippen molar-refractivity contribution in [3.05, 3.63) is 82.8 Å². The number of methoxy groups -OCH3 is 1. The van der Waals surface area contributed by atoms with Gasteiger partial charge in [0, 0.05) is 23.7 Å². The highest BCUT2D eigenvalue weighted by atomic mass is 16.5. The Labute approximate surface area is 196 Å². The summed E-state index contributed by atoms with van der Waals surface area (Å²) < 4.78 is 12.1. The van der Waals surface area contributed by atoms with Gasteiger partial charge in [0.25, 0.3) is 11.5 Å². The van der Waals surface area contributed by atoms with E-state index in [9.17, 15) is 9.59 Å². The number of para-hydroxylation sites is 1. The van der Waals surface area contributed by atoms with E-state index in [1.807, 2.05) is 55.5 Å². The summed E-state index contributed by atoms with van der Waals surface area (Å²) in [4.78, 5) is 24.8. The van der Waals surface area contributed by atoms with Crippen molar-refractivity contribution < 1.29 is 14.3 Å². The Balaban J connectivity index is 1.40. The first-order chi connectivity index (χ1) is 16.6. The lowest BCUT2D eigenvalue weighted by molar-refractivity contribution is 0.0946. The summed E-state index contributed by atoms with van der Waals surface area (Å²) in [6, 6.07) is 19.7. The predicted molar refractivity (Wildman–Crippen MR) is 128 cm³/mol. The second kappa shape index (κ2) is 10.5. The number of benzene rings is 2. The number of H-pyrrole nitrogens is 1. The van der Waals surface area contributed by atoms with Crippen LogP contribution in [0.3, 0.4) is 0 Å². The van der Waals surface area contributed by atoms with Gasteiger partial charge >= 0.3 is 0 Å². The van der Waals surface area contributed by atoms with Gasteiger partial charge in [-0.1, -0.05) is 12.1 Å². The lowest BCUT2D eigenvalue weighted by Gasteiger charge is -2.09. The zero-order valence-corrected chi connectivity index (χ0v) is 18.9. The van der Waals surface area contributed by atoms with Crippen molar-refractivity contribution in [3.8, 4) is 34.0 Å². The van der Waals surface area contributed by atoms with Crippen LogP contribution in [-0.4, -0.2) is 46.1 Å². The maximum atomic E-state index is 12.6. The van der Waals surface area contributed by atoms with E-state index in [0.29, 0.717) is 29.4 Å². The summed E-state index contributed by atoms with van der Waals surface area (Å²) >= 11 is 0. The van der Waals surface area contributed by atoms with E-state index >= 15 is 0 Å². The fourth-order valence-corrected chi connectivity index (χ4v) is 3.45. The molecule has 0 saturated heterocycles.